The average Bonchev–Trinajstić information content (AvgIpc) is 3.50. The van der Waals surface area contributed by atoms with Gasteiger partial charge in [-0.25, -0.2) is 4.98 Å². The van der Waals surface area contributed by atoms with Gasteiger partial charge in [-0.1, -0.05) is 23.7 Å². The number of aromatic nitrogens is 4. The van der Waals surface area contributed by atoms with Gasteiger partial charge in [-0.15, -0.1) is 41.3 Å². The molecule has 7 heteroatoms. The van der Waals surface area contributed by atoms with Gasteiger partial charge in [0.25, 0.3) is 0 Å². The second-order valence-corrected chi connectivity index (χ2v) is 9.04. The molecule has 0 radical (unpaired) electrons. The van der Waals surface area contributed by atoms with E-state index in [0.717, 1.165) is 49.8 Å². The Kier molecular flexibility index (Phi) is 6.23. The van der Waals surface area contributed by atoms with Crippen molar-refractivity contribution in [1.82, 2.24) is 19.1 Å². The van der Waals surface area contributed by atoms with Gasteiger partial charge >= 0.3 is 21.1 Å². The molecule has 6 nitrogen and oxygen atoms in total. The first kappa shape index (κ1) is 24.6. The molecule has 0 saturated carbocycles. The maximum atomic E-state index is 9.45. The summed E-state index contributed by atoms with van der Waals surface area (Å²) in [5.74, 6) is 1.89. The number of nitrogens with zero attached hydrogens (tertiary/aromatic N) is 5. The average molecular weight is 685 g/mol. The molecule has 0 spiro atoms. The summed E-state index contributed by atoms with van der Waals surface area (Å²) < 4.78 is 10.3. The minimum absolute atomic E-state index is 0. The molecule has 0 N–H and O–H groups in total. The monoisotopic (exact) mass is 684 g/mol. The smallest absolute Gasteiger partial charge is 0.503 e. The van der Waals surface area contributed by atoms with Gasteiger partial charge < -0.3 is 18.9 Å². The standard InChI is InChI=1S/C32H19N5O.Pt/c1-36-14-12-23-17-28(35-20-31(23)36)22-5-4-6-24(16-22)38-25-9-10-26-27-15-21(19-33)8-11-29(27)37(30(26)18-25)32-7-2-3-13-34-32;/h2-15,17,20H,1H3;/q-2;+2. The third-order valence-electron chi connectivity index (χ3n) is 6.69. The number of fused-ring (bicyclic) bond motifs is 4. The first-order chi connectivity index (χ1) is 18.7. The van der Waals surface area contributed by atoms with Crippen LogP contribution in [0.3, 0.4) is 0 Å². The summed E-state index contributed by atoms with van der Waals surface area (Å²) >= 11 is 0. The second kappa shape index (κ2) is 9.87. The molecule has 4 heterocycles. The molecule has 188 valence electrons. The van der Waals surface area contributed by atoms with Crippen LogP contribution in [0.25, 0.3) is 49.8 Å². The van der Waals surface area contributed by atoms with Crippen LogP contribution >= 0.6 is 0 Å². The SMILES string of the molecule is Cn1ccc2cc(-c3[c-]c(Oc4[c-]c5c(cc4)c4cc(C#N)ccc4n5-c4ccccn4)ccc3)ncc21.[Pt+2]. The van der Waals surface area contributed by atoms with Crippen LogP contribution in [0, 0.1) is 23.5 Å². The van der Waals surface area contributed by atoms with E-state index >= 15 is 0 Å². The van der Waals surface area contributed by atoms with Crippen molar-refractivity contribution in [3.05, 3.63) is 115 Å². The van der Waals surface area contributed by atoms with E-state index < -0.39 is 0 Å². The van der Waals surface area contributed by atoms with Crippen molar-refractivity contribution in [2.45, 2.75) is 0 Å². The third kappa shape index (κ3) is 4.27. The van der Waals surface area contributed by atoms with Crippen LogP contribution in [-0.2, 0) is 28.1 Å². The number of benzene rings is 3. The van der Waals surface area contributed by atoms with E-state index in [0.29, 0.717) is 17.1 Å². The topological polar surface area (TPSA) is 68.7 Å². The molecule has 4 aromatic heterocycles. The molecule has 0 aliphatic rings. The van der Waals surface area contributed by atoms with Crippen LogP contribution in [0.15, 0.2) is 97.5 Å². The van der Waals surface area contributed by atoms with Crippen LogP contribution in [0.4, 0.5) is 0 Å². The Hall–Kier alpha value is -4.72. The first-order valence-corrected chi connectivity index (χ1v) is 12.1. The number of ether oxygens (including phenoxy) is 1. The fourth-order valence-electron chi connectivity index (χ4n) is 4.86. The number of hydrogen-bond acceptors (Lipinski definition) is 4. The predicted octanol–water partition coefficient (Wildman–Crippen LogP) is 6.99. The van der Waals surface area contributed by atoms with Gasteiger partial charge in [0.1, 0.15) is 5.82 Å². The van der Waals surface area contributed by atoms with Crippen molar-refractivity contribution in [3.8, 4) is 34.6 Å². The first-order valence-electron chi connectivity index (χ1n) is 12.1. The molecule has 0 unspecified atom stereocenters. The molecule has 0 aliphatic heterocycles. The van der Waals surface area contributed by atoms with E-state index in [1.54, 1.807) is 6.20 Å². The Balaban J connectivity index is 0.00000277. The Bertz CT molecular complexity index is 2040. The fourth-order valence-corrected chi connectivity index (χ4v) is 4.86. The Morgan fingerprint density at radius 2 is 1.74 bits per heavy atom. The van der Waals surface area contributed by atoms with Gasteiger partial charge in [0.2, 0.25) is 0 Å². The fraction of sp³-hybridized carbons (Fsp3) is 0.0312. The third-order valence-corrected chi connectivity index (χ3v) is 6.69. The molecule has 7 aromatic rings. The Morgan fingerprint density at radius 1 is 0.846 bits per heavy atom. The maximum absolute atomic E-state index is 9.45. The zero-order valence-electron chi connectivity index (χ0n) is 20.7. The second-order valence-electron chi connectivity index (χ2n) is 9.04. The quantitative estimate of drug-likeness (QED) is 0.188. The van der Waals surface area contributed by atoms with Gasteiger partial charge in [-0.2, -0.15) is 11.3 Å². The molecule has 0 amide bonds. The summed E-state index contributed by atoms with van der Waals surface area (Å²) in [6.45, 7) is 0. The van der Waals surface area contributed by atoms with Crippen LogP contribution in [0.1, 0.15) is 5.56 Å². The van der Waals surface area contributed by atoms with Gasteiger partial charge in [0.05, 0.1) is 17.1 Å². The number of aryl methyl sites for hydroxylation is 1. The van der Waals surface area contributed by atoms with Gasteiger partial charge in [0.15, 0.2) is 0 Å². The zero-order chi connectivity index (χ0) is 25.6. The van der Waals surface area contributed by atoms with Crippen molar-refractivity contribution in [2.75, 3.05) is 0 Å². The molecule has 3 aromatic carbocycles. The molecule has 39 heavy (non-hydrogen) atoms. The molecular formula is C32H19N5OPt. The van der Waals surface area contributed by atoms with Gasteiger partial charge in [-0.3, -0.25) is 0 Å². The van der Waals surface area contributed by atoms with Crippen molar-refractivity contribution >= 4 is 32.7 Å². The molecular weight excluding hydrogens is 665 g/mol. The van der Waals surface area contributed by atoms with Crippen LogP contribution in [0.2, 0.25) is 0 Å². The van der Waals surface area contributed by atoms with E-state index in [1.165, 1.54) is 0 Å². The largest absolute Gasteiger partial charge is 2.00 e. The normalized spacial score (nSPS) is 11.0. The molecule has 7 rings (SSSR count). The maximum Gasteiger partial charge on any atom is 2.00 e. The van der Waals surface area contributed by atoms with Crippen molar-refractivity contribution in [2.24, 2.45) is 7.05 Å². The van der Waals surface area contributed by atoms with E-state index in [1.807, 2.05) is 95.3 Å². The number of rotatable bonds is 4. The van der Waals surface area contributed by atoms with Crippen LogP contribution < -0.4 is 4.74 Å². The molecule has 0 aliphatic carbocycles. The minimum Gasteiger partial charge on any atom is -0.503 e. The van der Waals surface area contributed by atoms with Crippen LogP contribution in [0.5, 0.6) is 11.5 Å². The summed E-state index contributed by atoms with van der Waals surface area (Å²) in [5, 5.41) is 12.5. The number of hydrogen-bond donors (Lipinski definition) is 0. The predicted molar refractivity (Wildman–Crippen MR) is 147 cm³/mol. The summed E-state index contributed by atoms with van der Waals surface area (Å²) in [4.78, 5) is 9.20. The number of pyridine rings is 2. The summed E-state index contributed by atoms with van der Waals surface area (Å²) in [7, 11) is 2.01. The van der Waals surface area contributed by atoms with Gasteiger partial charge in [0, 0.05) is 42.7 Å². The Labute approximate surface area is 239 Å². The van der Waals surface area contributed by atoms with Crippen molar-refractivity contribution in [1.29, 1.82) is 5.26 Å². The van der Waals surface area contributed by atoms with E-state index in [-0.39, 0.29) is 21.1 Å². The summed E-state index contributed by atoms with van der Waals surface area (Å²) in [6, 6.07) is 34.3. The molecule has 0 saturated heterocycles. The van der Waals surface area contributed by atoms with E-state index in [2.05, 4.69) is 40.3 Å². The molecule has 0 atom stereocenters. The minimum atomic E-state index is 0. The van der Waals surface area contributed by atoms with E-state index in [9.17, 15) is 5.26 Å². The van der Waals surface area contributed by atoms with Crippen LogP contribution in [-0.4, -0.2) is 19.1 Å². The summed E-state index contributed by atoms with van der Waals surface area (Å²) in [6.07, 6.45) is 5.66. The molecule has 0 bridgehead atoms. The Morgan fingerprint density at radius 3 is 2.59 bits per heavy atom. The summed E-state index contributed by atoms with van der Waals surface area (Å²) in [5.41, 5.74) is 5.12. The zero-order valence-corrected chi connectivity index (χ0v) is 23.0. The van der Waals surface area contributed by atoms with Crippen molar-refractivity contribution < 1.29 is 25.8 Å². The number of nitriles is 1. The molecule has 0 fully saturated rings. The van der Waals surface area contributed by atoms with Gasteiger partial charge in [-0.05, 0) is 52.9 Å². The van der Waals surface area contributed by atoms with E-state index in [4.69, 9.17) is 4.74 Å². The van der Waals surface area contributed by atoms with Crippen molar-refractivity contribution in [3.63, 3.8) is 0 Å².